The van der Waals surface area contributed by atoms with E-state index in [2.05, 4.69) is 4.72 Å². The number of aryl methyl sites for hydroxylation is 2. The molecule has 6 nitrogen and oxygen atoms in total. The summed E-state index contributed by atoms with van der Waals surface area (Å²) in [5.41, 5.74) is 0.968. The molecule has 0 aliphatic heterocycles. The lowest BCUT2D eigenvalue weighted by Gasteiger charge is -2.19. The molecule has 0 unspecified atom stereocenters. The van der Waals surface area contributed by atoms with Crippen LogP contribution in [0.3, 0.4) is 0 Å². The maximum Gasteiger partial charge on any atom is 0.241 e. The van der Waals surface area contributed by atoms with Crippen molar-refractivity contribution in [1.82, 2.24) is 9.62 Å². The summed E-state index contributed by atoms with van der Waals surface area (Å²) in [6.07, 6.45) is -0.0228. The second-order valence-electron chi connectivity index (χ2n) is 5.93. The Labute approximate surface area is 142 Å². The zero-order valence-corrected chi connectivity index (χ0v) is 15.1. The molecule has 1 N–H and O–H groups in total. The van der Waals surface area contributed by atoms with Gasteiger partial charge in [0, 0.05) is 14.1 Å². The van der Waals surface area contributed by atoms with Crippen LogP contribution < -0.4 is 4.72 Å². The van der Waals surface area contributed by atoms with E-state index in [0.29, 0.717) is 11.5 Å². The van der Waals surface area contributed by atoms with Crippen LogP contribution in [0.15, 0.2) is 45.7 Å². The molecule has 0 aliphatic carbocycles. The van der Waals surface area contributed by atoms with Gasteiger partial charge in [0.15, 0.2) is 0 Å². The average Bonchev–Trinajstić information content (AvgIpc) is 2.93. The van der Waals surface area contributed by atoms with E-state index in [-0.39, 0.29) is 17.2 Å². The van der Waals surface area contributed by atoms with E-state index in [1.807, 2.05) is 6.92 Å². The van der Waals surface area contributed by atoms with E-state index in [0.717, 1.165) is 5.56 Å². The van der Waals surface area contributed by atoms with Crippen LogP contribution in [0.4, 0.5) is 0 Å². The number of furan rings is 1. The first-order valence-corrected chi connectivity index (χ1v) is 9.03. The number of nitrogens with one attached hydrogen (secondary N) is 1. The van der Waals surface area contributed by atoms with E-state index in [1.54, 1.807) is 45.3 Å². The molecule has 1 atom stereocenters. The monoisotopic (exact) mass is 350 g/mol. The van der Waals surface area contributed by atoms with Gasteiger partial charge in [-0.2, -0.15) is 4.72 Å². The second-order valence-corrected chi connectivity index (χ2v) is 7.64. The summed E-state index contributed by atoms with van der Waals surface area (Å²) in [6.45, 7) is 3.65. The van der Waals surface area contributed by atoms with Crippen LogP contribution in [0.2, 0.25) is 0 Å². The topological polar surface area (TPSA) is 79.6 Å². The van der Waals surface area contributed by atoms with Gasteiger partial charge in [0.25, 0.3) is 0 Å². The minimum Gasteiger partial charge on any atom is -0.465 e. The molecule has 1 aromatic heterocycles. The molecule has 0 bridgehead atoms. The van der Waals surface area contributed by atoms with Gasteiger partial charge in [-0.15, -0.1) is 0 Å². The largest absolute Gasteiger partial charge is 0.465 e. The molecule has 0 saturated carbocycles. The zero-order chi connectivity index (χ0) is 17.9. The predicted molar refractivity (Wildman–Crippen MR) is 91.0 cm³/mol. The summed E-state index contributed by atoms with van der Waals surface area (Å²) < 4.78 is 33.3. The lowest BCUT2D eigenvalue weighted by atomic mass is 10.1. The molecule has 7 heteroatoms. The first-order valence-electron chi connectivity index (χ1n) is 7.54. The van der Waals surface area contributed by atoms with Crippen molar-refractivity contribution in [2.24, 2.45) is 0 Å². The number of sulfonamides is 1. The lowest BCUT2D eigenvalue weighted by Crippen LogP contribution is -2.33. The molecule has 0 fully saturated rings. The van der Waals surface area contributed by atoms with E-state index in [9.17, 15) is 13.2 Å². The fraction of sp³-hybridized carbons (Fsp3) is 0.353. The molecule has 0 aliphatic rings. The van der Waals surface area contributed by atoms with Gasteiger partial charge < -0.3 is 9.32 Å². The SMILES string of the molecule is Cc1ccc(S(=O)(=O)N[C@@H](CC(=O)N(C)C)c2ccc(C)o2)cc1. The summed E-state index contributed by atoms with van der Waals surface area (Å²) in [5.74, 6) is 0.876. The van der Waals surface area contributed by atoms with Crippen LogP contribution in [-0.4, -0.2) is 33.3 Å². The fourth-order valence-corrected chi connectivity index (χ4v) is 3.38. The molecule has 0 spiro atoms. The minimum atomic E-state index is -3.77. The summed E-state index contributed by atoms with van der Waals surface area (Å²) in [6, 6.07) is 9.19. The number of rotatable bonds is 6. The van der Waals surface area contributed by atoms with Gasteiger partial charge in [0.2, 0.25) is 15.9 Å². The van der Waals surface area contributed by atoms with Crippen LogP contribution in [0.5, 0.6) is 0 Å². The normalized spacial score (nSPS) is 12.8. The molecule has 1 aromatic carbocycles. The molecular weight excluding hydrogens is 328 g/mol. The quantitative estimate of drug-likeness (QED) is 0.867. The Kier molecular flexibility index (Phi) is 5.46. The lowest BCUT2D eigenvalue weighted by molar-refractivity contribution is -0.129. The van der Waals surface area contributed by atoms with Crippen molar-refractivity contribution in [1.29, 1.82) is 0 Å². The van der Waals surface area contributed by atoms with E-state index >= 15 is 0 Å². The molecule has 2 aromatic rings. The molecule has 130 valence electrons. The number of hydrogen-bond donors (Lipinski definition) is 1. The van der Waals surface area contributed by atoms with Gasteiger partial charge in [0.1, 0.15) is 11.5 Å². The van der Waals surface area contributed by atoms with Crippen molar-refractivity contribution < 1.29 is 17.6 Å². The fourth-order valence-electron chi connectivity index (χ4n) is 2.17. The number of hydrogen-bond acceptors (Lipinski definition) is 4. The van der Waals surface area contributed by atoms with Crippen LogP contribution in [0, 0.1) is 13.8 Å². The maximum absolute atomic E-state index is 12.6. The Morgan fingerprint density at radius 3 is 2.25 bits per heavy atom. The molecule has 24 heavy (non-hydrogen) atoms. The maximum atomic E-state index is 12.6. The highest BCUT2D eigenvalue weighted by molar-refractivity contribution is 7.89. The van der Waals surface area contributed by atoms with Crippen molar-refractivity contribution in [2.75, 3.05) is 14.1 Å². The summed E-state index contributed by atoms with van der Waals surface area (Å²) >= 11 is 0. The number of carbonyl (C=O) groups is 1. The summed E-state index contributed by atoms with van der Waals surface area (Å²) in [4.78, 5) is 13.6. The highest BCUT2D eigenvalue weighted by Gasteiger charge is 2.26. The van der Waals surface area contributed by atoms with Crippen molar-refractivity contribution >= 4 is 15.9 Å². The molecule has 0 radical (unpaired) electrons. The number of carbonyl (C=O) groups excluding carboxylic acids is 1. The van der Waals surface area contributed by atoms with Crippen molar-refractivity contribution in [3.63, 3.8) is 0 Å². The third kappa shape index (κ3) is 4.46. The molecule has 1 heterocycles. The van der Waals surface area contributed by atoms with Crippen LogP contribution in [0.1, 0.15) is 29.5 Å². The van der Waals surface area contributed by atoms with E-state index in [4.69, 9.17) is 4.42 Å². The van der Waals surface area contributed by atoms with Crippen LogP contribution in [-0.2, 0) is 14.8 Å². The smallest absolute Gasteiger partial charge is 0.241 e. The van der Waals surface area contributed by atoms with E-state index in [1.165, 1.54) is 17.0 Å². The number of nitrogens with zero attached hydrogens (tertiary/aromatic N) is 1. The van der Waals surface area contributed by atoms with Crippen LogP contribution in [0.25, 0.3) is 0 Å². The summed E-state index contributed by atoms with van der Waals surface area (Å²) in [5, 5.41) is 0. The van der Waals surface area contributed by atoms with Gasteiger partial charge >= 0.3 is 0 Å². The molecule has 1 amide bonds. The van der Waals surface area contributed by atoms with E-state index < -0.39 is 16.1 Å². The Morgan fingerprint density at radius 1 is 1.12 bits per heavy atom. The molecule has 0 saturated heterocycles. The Hall–Kier alpha value is -2.12. The van der Waals surface area contributed by atoms with Gasteiger partial charge in [0.05, 0.1) is 17.4 Å². The summed E-state index contributed by atoms with van der Waals surface area (Å²) in [7, 11) is -0.515. The van der Waals surface area contributed by atoms with Gasteiger partial charge in [-0.25, -0.2) is 8.42 Å². The minimum absolute atomic E-state index is 0.0228. The second kappa shape index (κ2) is 7.19. The van der Waals surface area contributed by atoms with Gasteiger partial charge in [-0.1, -0.05) is 17.7 Å². The Bertz CT molecular complexity index is 807. The first-order chi connectivity index (χ1) is 11.2. The zero-order valence-electron chi connectivity index (χ0n) is 14.2. The first kappa shape index (κ1) is 18.2. The molecular formula is C17H22N2O4S. The highest BCUT2D eigenvalue weighted by atomic mass is 32.2. The predicted octanol–water partition coefficient (Wildman–Crippen LogP) is 2.39. The van der Waals surface area contributed by atoms with Gasteiger partial charge in [-0.3, -0.25) is 4.79 Å². The number of benzene rings is 1. The van der Waals surface area contributed by atoms with Crippen molar-refractivity contribution in [3.05, 3.63) is 53.5 Å². The van der Waals surface area contributed by atoms with Crippen molar-refractivity contribution in [3.8, 4) is 0 Å². The third-order valence-electron chi connectivity index (χ3n) is 3.61. The van der Waals surface area contributed by atoms with Gasteiger partial charge in [-0.05, 0) is 38.1 Å². The highest BCUT2D eigenvalue weighted by Crippen LogP contribution is 2.23. The third-order valence-corrected chi connectivity index (χ3v) is 5.10. The standard InChI is InChI=1S/C17H22N2O4S/c1-12-5-8-14(9-6-12)24(21,22)18-15(11-17(20)19(3)4)16-10-7-13(2)23-16/h5-10,15,18H,11H2,1-4H3/t15-/m0/s1. The number of amides is 1. The average molecular weight is 350 g/mol. The molecule has 2 rings (SSSR count). The van der Waals surface area contributed by atoms with Crippen molar-refractivity contribution in [2.45, 2.75) is 31.2 Å². The Balaban J connectivity index is 2.30. The Morgan fingerprint density at radius 2 is 1.75 bits per heavy atom. The van der Waals surface area contributed by atoms with Crippen LogP contribution >= 0.6 is 0 Å².